The minimum absolute atomic E-state index is 0.137. The Bertz CT molecular complexity index is 263. The number of nitrogens with two attached hydrogens (primary N) is 1. The summed E-state index contributed by atoms with van der Waals surface area (Å²) in [5, 5.41) is 0. The summed E-state index contributed by atoms with van der Waals surface area (Å²) in [5.74, 6) is 0.339. The Kier molecular flexibility index (Phi) is 3.32. The SMILES string of the molecule is CC1CCC(CN)CN1S(C)(=O)=O. The second kappa shape index (κ2) is 3.94. The predicted molar refractivity (Wildman–Crippen MR) is 52.8 cm³/mol. The summed E-state index contributed by atoms with van der Waals surface area (Å²) >= 11 is 0. The van der Waals surface area contributed by atoms with E-state index in [1.54, 1.807) is 4.31 Å². The molecule has 5 heteroatoms. The number of piperidine rings is 1. The van der Waals surface area contributed by atoms with Crippen molar-refractivity contribution in [2.75, 3.05) is 19.3 Å². The van der Waals surface area contributed by atoms with Gasteiger partial charge in [0.2, 0.25) is 10.0 Å². The molecule has 2 N–H and O–H groups in total. The molecule has 2 atom stereocenters. The number of hydrogen-bond acceptors (Lipinski definition) is 3. The van der Waals surface area contributed by atoms with Gasteiger partial charge in [-0.05, 0) is 32.2 Å². The Morgan fingerprint density at radius 3 is 2.54 bits per heavy atom. The number of sulfonamides is 1. The summed E-state index contributed by atoms with van der Waals surface area (Å²) in [4.78, 5) is 0. The van der Waals surface area contributed by atoms with Gasteiger partial charge in [0.25, 0.3) is 0 Å². The Labute approximate surface area is 80.1 Å². The molecule has 0 spiro atoms. The van der Waals surface area contributed by atoms with E-state index in [9.17, 15) is 8.42 Å². The van der Waals surface area contributed by atoms with Crippen LogP contribution in [-0.2, 0) is 10.0 Å². The van der Waals surface area contributed by atoms with Gasteiger partial charge in [0.15, 0.2) is 0 Å². The Hall–Kier alpha value is -0.130. The number of nitrogens with zero attached hydrogens (tertiary/aromatic N) is 1. The van der Waals surface area contributed by atoms with Crippen molar-refractivity contribution in [3.8, 4) is 0 Å². The van der Waals surface area contributed by atoms with Crippen molar-refractivity contribution in [3.05, 3.63) is 0 Å². The second-order valence-electron chi connectivity index (χ2n) is 3.86. The van der Waals surface area contributed by atoms with Gasteiger partial charge in [-0.3, -0.25) is 0 Å². The van der Waals surface area contributed by atoms with Crippen molar-refractivity contribution in [2.45, 2.75) is 25.8 Å². The molecule has 1 aliphatic heterocycles. The molecular weight excluding hydrogens is 188 g/mol. The van der Waals surface area contributed by atoms with Crippen LogP contribution in [0.15, 0.2) is 0 Å². The van der Waals surface area contributed by atoms with Gasteiger partial charge in [-0.2, -0.15) is 4.31 Å². The molecule has 1 aliphatic rings. The lowest BCUT2D eigenvalue weighted by molar-refractivity contribution is 0.212. The maximum absolute atomic E-state index is 11.3. The molecule has 0 aromatic heterocycles. The van der Waals surface area contributed by atoms with Crippen LogP contribution in [-0.4, -0.2) is 38.1 Å². The molecule has 1 saturated heterocycles. The monoisotopic (exact) mass is 206 g/mol. The molecule has 0 bridgehead atoms. The summed E-state index contributed by atoms with van der Waals surface area (Å²) < 4.78 is 24.3. The van der Waals surface area contributed by atoms with Gasteiger partial charge in [-0.1, -0.05) is 0 Å². The molecule has 0 radical (unpaired) electrons. The predicted octanol–water partition coefficient (Wildman–Crippen LogP) is 0.00520. The minimum atomic E-state index is -3.04. The van der Waals surface area contributed by atoms with E-state index in [0.717, 1.165) is 12.8 Å². The normalized spacial score (nSPS) is 31.9. The lowest BCUT2D eigenvalue weighted by atomic mass is 9.96. The highest BCUT2D eigenvalue weighted by molar-refractivity contribution is 7.88. The summed E-state index contributed by atoms with van der Waals surface area (Å²) in [6.45, 7) is 3.13. The third-order valence-electron chi connectivity index (χ3n) is 2.68. The van der Waals surface area contributed by atoms with Crippen LogP contribution in [0.1, 0.15) is 19.8 Å². The summed E-state index contributed by atoms with van der Waals surface area (Å²) in [6, 6.07) is 0.137. The van der Waals surface area contributed by atoms with Gasteiger partial charge >= 0.3 is 0 Å². The van der Waals surface area contributed by atoms with Gasteiger partial charge in [0.05, 0.1) is 6.26 Å². The molecule has 1 rings (SSSR count). The highest BCUT2D eigenvalue weighted by Gasteiger charge is 2.30. The van der Waals surface area contributed by atoms with Gasteiger partial charge in [0.1, 0.15) is 0 Å². The lowest BCUT2D eigenvalue weighted by Gasteiger charge is -2.35. The van der Waals surface area contributed by atoms with Crippen molar-refractivity contribution in [1.29, 1.82) is 0 Å². The van der Waals surface area contributed by atoms with E-state index in [2.05, 4.69) is 0 Å². The average Bonchev–Trinajstić information content (AvgIpc) is 2.03. The molecule has 2 unspecified atom stereocenters. The lowest BCUT2D eigenvalue weighted by Crippen LogP contribution is -2.46. The number of hydrogen-bond donors (Lipinski definition) is 1. The van der Waals surface area contributed by atoms with Crippen molar-refractivity contribution >= 4 is 10.0 Å². The van der Waals surface area contributed by atoms with Crippen molar-refractivity contribution in [1.82, 2.24) is 4.31 Å². The Morgan fingerprint density at radius 2 is 2.08 bits per heavy atom. The van der Waals surface area contributed by atoms with Crippen LogP contribution in [0, 0.1) is 5.92 Å². The third kappa shape index (κ3) is 2.65. The van der Waals surface area contributed by atoms with E-state index in [-0.39, 0.29) is 6.04 Å². The molecule has 0 saturated carbocycles. The average molecular weight is 206 g/mol. The van der Waals surface area contributed by atoms with Crippen LogP contribution >= 0.6 is 0 Å². The maximum Gasteiger partial charge on any atom is 0.211 e. The summed E-state index contributed by atoms with van der Waals surface area (Å²) in [7, 11) is -3.04. The van der Waals surface area contributed by atoms with Crippen molar-refractivity contribution in [2.24, 2.45) is 11.7 Å². The summed E-state index contributed by atoms with van der Waals surface area (Å²) in [5.41, 5.74) is 5.53. The third-order valence-corrected chi connectivity index (χ3v) is 4.04. The van der Waals surface area contributed by atoms with Crippen molar-refractivity contribution in [3.63, 3.8) is 0 Å². The fraction of sp³-hybridized carbons (Fsp3) is 1.00. The second-order valence-corrected chi connectivity index (χ2v) is 5.80. The topological polar surface area (TPSA) is 63.4 Å². The first-order valence-electron chi connectivity index (χ1n) is 4.62. The van der Waals surface area contributed by atoms with E-state index in [1.165, 1.54) is 6.26 Å². The van der Waals surface area contributed by atoms with Crippen molar-refractivity contribution < 1.29 is 8.42 Å². The van der Waals surface area contributed by atoms with E-state index >= 15 is 0 Å². The standard InChI is InChI=1S/C8H18N2O2S/c1-7-3-4-8(5-9)6-10(7)13(2,11)12/h7-8H,3-6,9H2,1-2H3. The fourth-order valence-electron chi connectivity index (χ4n) is 1.80. The van der Waals surface area contributed by atoms with Crippen LogP contribution in [0.4, 0.5) is 0 Å². The van der Waals surface area contributed by atoms with E-state index < -0.39 is 10.0 Å². The zero-order valence-corrected chi connectivity index (χ0v) is 9.05. The minimum Gasteiger partial charge on any atom is -0.330 e. The Morgan fingerprint density at radius 1 is 1.46 bits per heavy atom. The fourth-order valence-corrected chi connectivity index (χ4v) is 3.04. The van der Waals surface area contributed by atoms with Gasteiger partial charge in [-0.25, -0.2) is 8.42 Å². The van der Waals surface area contributed by atoms with Crippen LogP contribution < -0.4 is 5.73 Å². The first kappa shape index (κ1) is 10.9. The molecule has 0 amide bonds. The van der Waals surface area contributed by atoms with Crippen LogP contribution in [0.25, 0.3) is 0 Å². The van der Waals surface area contributed by atoms with Gasteiger partial charge < -0.3 is 5.73 Å². The quantitative estimate of drug-likeness (QED) is 0.692. The van der Waals surface area contributed by atoms with E-state index in [4.69, 9.17) is 5.73 Å². The molecule has 1 heterocycles. The first-order chi connectivity index (χ1) is 5.95. The summed E-state index contributed by atoms with van der Waals surface area (Å²) in [6.07, 6.45) is 3.24. The van der Waals surface area contributed by atoms with E-state index in [0.29, 0.717) is 19.0 Å². The molecule has 0 aliphatic carbocycles. The van der Waals surface area contributed by atoms with Crippen LogP contribution in [0.3, 0.4) is 0 Å². The highest BCUT2D eigenvalue weighted by Crippen LogP contribution is 2.22. The van der Waals surface area contributed by atoms with Gasteiger partial charge in [0, 0.05) is 12.6 Å². The molecule has 78 valence electrons. The number of rotatable bonds is 2. The molecular formula is C8H18N2O2S. The Balaban J connectivity index is 2.71. The molecule has 0 aromatic carbocycles. The molecule has 4 nitrogen and oxygen atoms in total. The van der Waals surface area contributed by atoms with Crippen LogP contribution in [0.5, 0.6) is 0 Å². The zero-order chi connectivity index (χ0) is 10.1. The maximum atomic E-state index is 11.3. The molecule has 1 fully saturated rings. The highest BCUT2D eigenvalue weighted by atomic mass is 32.2. The zero-order valence-electron chi connectivity index (χ0n) is 8.23. The molecule has 13 heavy (non-hydrogen) atoms. The molecule has 0 aromatic rings. The van der Waals surface area contributed by atoms with Gasteiger partial charge in [-0.15, -0.1) is 0 Å². The van der Waals surface area contributed by atoms with E-state index in [1.807, 2.05) is 6.92 Å². The first-order valence-corrected chi connectivity index (χ1v) is 6.47. The smallest absolute Gasteiger partial charge is 0.211 e. The van der Waals surface area contributed by atoms with Crippen LogP contribution in [0.2, 0.25) is 0 Å². The largest absolute Gasteiger partial charge is 0.330 e.